The van der Waals surface area contributed by atoms with E-state index in [0.29, 0.717) is 39.1 Å². The predicted octanol–water partition coefficient (Wildman–Crippen LogP) is 4.48. The summed E-state index contributed by atoms with van der Waals surface area (Å²) in [7, 11) is 3.08. The molecule has 0 saturated carbocycles. The normalized spacial score (nSPS) is 11.0. The van der Waals surface area contributed by atoms with Gasteiger partial charge in [0.1, 0.15) is 5.82 Å². The number of methoxy groups -OCH3 is 2. The second-order valence-electron chi connectivity index (χ2n) is 7.37. The molecule has 0 aliphatic carbocycles. The molecule has 5 aromatic rings. The maximum atomic E-state index is 12.7. The molecule has 0 fully saturated rings. The van der Waals surface area contributed by atoms with Crippen molar-refractivity contribution >= 4 is 22.7 Å². The molecule has 2 heterocycles. The van der Waals surface area contributed by atoms with E-state index < -0.39 is 0 Å². The molecule has 5 rings (SSSR count). The molecule has 170 valence electrons. The lowest BCUT2D eigenvalue weighted by atomic mass is 10.2. The largest absolute Gasteiger partial charge is 0.493 e. The first kappa shape index (κ1) is 21.7. The number of aromatic nitrogens is 5. The molecule has 0 amide bonds. The van der Waals surface area contributed by atoms with Crippen LogP contribution in [0.1, 0.15) is 5.82 Å². The van der Waals surface area contributed by atoms with Crippen molar-refractivity contribution in [2.24, 2.45) is 0 Å². The summed E-state index contributed by atoms with van der Waals surface area (Å²) in [6.45, 7) is 0. The van der Waals surface area contributed by atoms with Gasteiger partial charge < -0.3 is 14.5 Å². The number of rotatable bonds is 7. The number of para-hydroxylation sites is 1. The van der Waals surface area contributed by atoms with Crippen LogP contribution in [0.4, 0.5) is 0 Å². The van der Waals surface area contributed by atoms with Gasteiger partial charge >= 0.3 is 0 Å². The second kappa shape index (κ2) is 9.40. The number of nitrogens with one attached hydrogen (secondary N) is 1. The average Bonchev–Trinajstić information content (AvgIpc) is 3.32. The third-order valence-corrected chi connectivity index (χ3v) is 6.22. The summed E-state index contributed by atoms with van der Waals surface area (Å²) >= 11 is 1.45. The van der Waals surface area contributed by atoms with Gasteiger partial charge in [-0.25, -0.2) is 4.98 Å². The van der Waals surface area contributed by atoms with Gasteiger partial charge in [0.2, 0.25) is 0 Å². The van der Waals surface area contributed by atoms with Gasteiger partial charge in [-0.05, 0) is 18.2 Å². The summed E-state index contributed by atoms with van der Waals surface area (Å²) in [4.78, 5) is 20.2. The van der Waals surface area contributed by atoms with Gasteiger partial charge in [0.25, 0.3) is 5.56 Å². The highest BCUT2D eigenvalue weighted by atomic mass is 32.2. The van der Waals surface area contributed by atoms with E-state index in [4.69, 9.17) is 9.47 Å². The molecule has 3 aromatic carbocycles. The highest BCUT2D eigenvalue weighted by Gasteiger charge is 2.17. The molecular formula is C25H21N5O3S. The smallest absolute Gasteiger partial charge is 0.258 e. The van der Waals surface area contributed by atoms with E-state index in [1.54, 1.807) is 19.2 Å². The highest BCUT2D eigenvalue weighted by Crippen LogP contribution is 2.31. The van der Waals surface area contributed by atoms with Gasteiger partial charge in [0.05, 0.1) is 30.9 Å². The van der Waals surface area contributed by atoms with Crippen molar-refractivity contribution in [2.75, 3.05) is 14.2 Å². The molecule has 0 saturated heterocycles. The van der Waals surface area contributed by atoms with E-state index in [2.05, 4.69) is 20.2 Å². The number of ether oxygens (including phenoxy) is 2. The number of hydrogen-bond acceptors (Lipinski definition) is 7. The molecule has 0 aliphatic heterocycles. The lowest BCUT2D eigenvalue weighted by Crippen LogP contribution is -2.12. The number of nitrogens with zero attached hydrogens (tertiary/aromatic N) is 4. The lowest BCUT2D eigenvalue weighted by Gasteiger charge is -2.11. The van der Waals surface area contributed by atoms with E-state index in [0.717, 1.165) is 17.1 Å². The highest BCUT2D eigenvalue weighted by molar-refractivity contribution is 7.98. The molecule has 8 nitrogen and oxygen atoms in total. The van der Waals surface area contributed by atoms with E-state index in [9.17, 15) is 4.79 Å². The monoisotopic (exact) mass is 471 g/mol. The summed E-state index contributed by atoms with van der Waals surface area (Å²) in [5, 5.41) is 10.0. The second-order valence-corrected chi connectivity index (χ2v) is 8.31. The average molecular weight is 472 g/mol. The SMILES string of the molecule is COc1cc2nc(CSc3nnc(-c4ccccc4)n3-c3ccccc3)[nH]c(=O)c2cc1OC. The number of benzene rings is 3. The molecule has 0 aliphatic rings. The molecule has 9 heteroatoms. The summed E-state index contributed by atoms with van der Waals surface area (Å²) in [6.07, 6.45) is 0. The zero-order chi connectivity index (χ0) is 23.5. The molecule has 2 aromatic heterocycles. The first-order valence-corrected chi connectivity index (χ1v) is 11.5. The van der Waals surface area contributed by atoms with Crippen LogP contribution in [0, 0.1) is 0 Å². The van der Waals surface area contributed by atoms with Crippen LogP contribution in [0.25, 0.3) is 28.0 Å². The Balaban J connectivity index is 1.51. The zero-order valence-corrected chi connectivity index (χ0v) is 19.4. The first-order chi connectivity index (χ1) is 16.7. The number of fused-ring (bicyclic) bond motifs is 1. The van der Waals surface area contributed by atoms with Crippen LogP contribution in [0.5, 0.6) is 11.5 Å². The van der Waals surface area contributed by atoms with Crippen LogP contribution >= 0.6 is 11.8 Å². The molecule has 0 spiro atoms. The van der Waals surface area contributed by atoms with Crippen LogP contribution in [-0.2, 0) is 5.75 Å². The zero-order valence-electron chi connectivity index (χ0n) is 18.6. The molecular weight excluding hydrogens is 450 g/mol. The van der Waals surface area contributed by atoms with Crippen molar-refractivity contribution in [1.29, 1.82) is 0 Å². The Bertz CT molecular complexity index is 1500. The Labute approximate surface area is 199 Å². The third-order valence-electron chi connectivity index (χ3n) is 5.28. The van der Waals surface area contributed by atoms with Gasteiger partial charge in [0, 0.05) is 17.3 Å². The minimum Gasteiger partial charge on any atom is -0.493 e. The Morgan fingerprint density at radius 1 is 0.912 bits per heavy atom. The van der Waals surface area contributed by atoms with E-state index in [1.165, 1.54) is 18.9 Å². The number of H-pyrrole nitrogens is 1. The molecule has 0 bridgehead atoms. The van der Waals surface area contributed by atoms with Crippen LogP contribution in [0.2, 0.25) is 0 Å². The van der Waals surface area contributed by atoms with Gasteiger partial charge in [-0.2, -0.15) is 0 Å². The summed E-state index contributed by atoms with van der Waals surface area (Å²) in [6, 6.07) is 23.2. The molecule has 0 unspecified atom stereocenters. The van der Waals surface area contributed by atoms with Crippen molar-refractivity contribution in [3.63, 3.8) is 0 Å². The predicted molar refractivity (Wildman–Crippen MR) is 132 cm³/mol. The van der Waals surface area contributed by atoms with E-state index in [1.807, 2.05) is 65.2 Å². The fraction of sp³-hybridized carbons (Fsp3) is 0.120. The van der Waals surface area contributed by atoms with E-state index >= 15 is 0 Å². The minimum atomic E-state index is -0.240. The molecule has 34 heavy (non-hydrogen) atoms. The maximum Gasteiger partial charge on any atom is 0.258 e. The number of aromatic amines is 1. The quantitative estimate of drug-likeness (QED) is 0.350. The summed E-state index contributed by atoms with van der Waals surface area (Å²) in [5.41, 5.74) is 2.21. The van der Waals surface area contributed by atoms with Crippen LogP contribution < -0.4 is 15.0 Å². The van der Waals surface area contributed by atoms with Crippen molar-refractivity contribution < 1.29 is 9.47 Å². The van der Waals surface area contributed by atoms with Crippen LogP contribution in [0.15, 0.2) is 82.7 Å². The summed E-state index contributed by atoms with van der Waals surface area (Å²) < 4.78 is 12.7. The van der Waals surface area contributed by atoms with Gasteiger partial charge in [-0.3, -0.25) is 9.36 Å². The van der Waals surface area contributed by atoms with Crippen LogP contribution in [0.3, 0.4) is 0 Å². The Hall–Kier alpha value is -4.11. The summed E-state index contributed by atoms with van der Waals surface area (Å²) in [5.74, 6) is 2.67. The Morgan fingerprint density at radius 2 is 1.59 bits per heavy atom. The maximum absolute atomic E-state index is 12.7. The van der Waals surface area contributed by atoms with Crippen molar-refractivity contribution in [1.82, 2.24) is 24.7 Å². The Morgan fingerprint density at radius 3 is 2.29 bits per heavy atom. The van der Waals surface area contributed by atoms with Crippen molar-refractivity contribution in [3.05, 3.63) is 89.0 Å². The number of thioether (sulfide) groups is 1. The molecule has 0 atom stereocenters. The van der Waals surface area contributed by atoms with E-state index in [-0.39, 0.29) is 5.56 Å². The fourth-order valence-electron chi connectivity index (χ4n) is 3.66. The third kappa shape index (κ3) is 4.13. The first-order valence-electron chi connectivity index (χ1n) is 10.5. The van der Waals surface area contributed by atoms with Gasteiger partial charge in [-0.1, -0.05) is 60.3 Å². The van der Waals surface area contributed by atoms with Gasteiger partial charge in [-0.15, -0.1) is 10.2 Å². The molecule has 0 radical (unpaired) electrons. The standard InChI is InChI=1S/C25H21N5O3S/c1-32-20-13-18-19(14-21(20)33-2)26-22(27-24(18)31)15-34-25-29-28-23(16-9-5-3-6-10-16)30(25)17-11-7-4-8-12-17/h3-14H,15H2,1-2H3,(H,26,27,31). The van der Waals surface area contributed by atoms with Crippen molar-refractivity contribution in [3.8, 4) is 28.6 Å². The minimum absolute atomic E-state index is 0.240. The Kier molecular flexibility index (Phi) is 6.01. The lowest BCUT2D eigenvalue weighted by molar-refractivity contribution is 0.355. The van der Waals surface area contributed by atoms with Crippen LogP contribution in [-0.4, -0.2) is 39.0 Å². The van der Waals surface area contributed by atoms with Gasteiger partial charge in [0.15, 0.2) is 22.5 Å². The topological polar surface area (TPSA) is 94.9 Å². The number of hydrogen-bond donors (Lipinski definition) is 1. The molecule has 1 N–H and O–H groups in total. The van der Waals surface area contributed by atoms with Crippen molar-refractivity contribution in [2.45, 2.75) is 10.9 Å². The fourth-order valence-corrected chi connectivity index (χ4v) is 4.49.